The summed E-state index contributed by atoms with van der Waals surface area (Å²) in [5, 5.41) is 10.1. The summed E-state index contributed by atoms with van der Waals surface area (Å²) in [5.74, 6) is -1.31. The van der Waals surface area contributed by atoms with E-state index < -0.39 is 5.97 Å². The molecule has 0 aliphatic rings. The molecule has 0 radical (unpaired) electrons. The largest absolute Gasteiger partial charge is 0.545 e. The molecule has 0 bridgehead atoms. The van der Waals surface area contributed by atoms with E-state index in [9.17, 15) is 9.90 Å². The third-order valence-electron chi connectivity index (χ3n) is 0.856. The molecule has 0 aliphatic heterocycles. The average molecular weight is 158 g/mol. The molecule has 5 heteroatoms. The zero-order valence-electron chi connectivity index (χ0n) is 4.74. The van der Waals surface area contributed by atoms with Crippen molar-refractivity contribution in [3.8, 4) is 0 Å². The Labute approximate surface area is 61.5 Å². The van der Waals surface area contributed by atoms with Gasteiger partial charge in [-0.25, -0.2) is 9.97 Å². The molecule has 1 aromatic rings. The fourth-order valence-electron chi connectivity index (χ4n) is 0.418. The van der Waals surface area contributed by atoms with Crippen LogP contribution < -0.4 is 5.11 Å². The van der Waals surface area contributed by atoms with Gasteiger partial charge in [0.15, 0.2) is 0 Å². The van der Waals surface area contributed by atoms with Crippen LogP contribution in [0.4, 0.5) is 0 Å². The highest BCUT2D eigenvalue weighted by atomic mass is 35.5. The quantitative estimate of drug-likeness (QED) is 0.515. The summed E-state index contributed by atoms with van der Waals surface area (Å²) in [5.41, 5.74) is -0.0793. The first kappa shape index (κ1) is 6.95. The maximum absolute atomic E-state index is 10.1. The van der Waals surface area contributed by atoms with Gasteiger partial charge in [0.25, 0.3) is 0 Å². The van der Waals surface area contributed by atoms with E-state index in [2.05, 4.69) is 9.97 Å². The Bertz CT molecular complexity index is 246. The summed E-state index contributed by atoms with van der Waals surface area (Å²) < 4.78 is 0. The minimum Gasteiger partial charge on any atom is -0.545 e. The zero-order chi connectivity index (χ0) is 7.56. The van der Waals surface area contributed by atoms with E-state index in [0.717, 1.165) is 12.4 Å². The van der Waals surface area contributed by atoms with Crippen LogP contribution in [0.5, 0.6) is 0 Å². The highest BCUT2D eigenvalue weighted by Crippen LogP contribution is 1.98. The second kappa shape index (κ2) is 2.62. The summed E-state index contributed by atoms with van der Waals surface area (Å²) in [6.07, 6.45) is 2.18. The lowest BCUT2D eigenvalue weighted by atomic mass is 10.4. The molecule has 52 valence electrons. The molecule has 0 aliphatic carbocycles. The van der Waals surface area contributed by atoms with Gasteiger partial charge in [-0.05, 0) is 11.6 Å². The topological polar surface area (TPSA) is 65.9 Å². The van der Waals surface area contributed by atoms with Crippen molar-refractivity contribution in [1.82, 2.24) is 9.97 Å². The van der Waals surface area contributed by atoms with Gasteiger partial charge in [-0.2, -0.15) is 0 Å². The van der Waals surface area contributed by atoms with E-state index >= 15 is 0 Å². The molecule has 0 spiro atoms. The second-order valence-electron chi connectivity index (χ2n) is 1.53. The number of aromatic carboxylic acids is 1. The number of hydrogen-bond acceptors (Lipinski definition) is 4. The first-order chi connectivity index (χ1) is 4.70. The van der Waals surface area contributed by atoms with E-state index in [4.69, 9.17) is 11.6 Å². The highest BCUT2D eigenvalue weighted by Gasteiger charge is 1.93. The predicted octanol–water partition coefficient (Wildman–Crippen LogP) is -0.507. The van der Waals surface area contributed by atoms with Crippen molar-refractivity contribution in [3.05, 3.63) is 23.2 Å². The minimum atomic E-state index is -1.31. The molecule has 0 fully saturated rings. The fraction of sp³-hybridized carbons (Fsp3) is 0. The number of carboxylic acid groups (broad SMARTS) is 1. The minimum absolute atomic E-state index is 0.0185. The van der Waals surface area contributed by atoms with Crippen LogP contribution in [-0.2, 0) is 0 Å². The monoisotopic (exact) mass is 157 g/mol. The van der Waals surface area contributed by atoms with Crippen molar-refractivity contribution in [3.63, 3.8) is 0 Å². The number of carbonyl (C=O) groups is 1. The van der Waals surface area contributed by atoms with Crippen molar-refractivity contribution in [2.75, 3.05) is 0 Å². The van der Waals surface area contributed by atoms with Gasteiger partial charge in [0.2, 0.25) is 5.28 Å². The molecule has 10 heavy (non-hydrogen) atoms. The van der Waals surface area contributed by atoms with Crippen LogP contribution in [-0.4, -0.2) is 15.9 Å². The maximum Gasteiger partial charge on any atom is 0.222 e. The van der Waals surface area contributed by atoms with Gasteiger partial charge in [-0.15, -0.1) is 0 Å². The van der Waals surface area contributed by atoms with Crippen LogP contribution in [0.25, 0.3) is 0 Å². The lowest BCUT2D eigenvalue weighted by Crippen LogP contribution is -2.22. The zero-order valence-corrected chi connectivity index (χ0v) is 5.50. The lowest BCUT2D eigenvalue weighted by molar-refractivity contribution is -0.255. The van der Waals surface area contributed by atoms with Gasteiger partial charge in [0, 0.05) is 18.0 Å². The number of rotatable bonds is 1. The summed E-state index contributed by atoms with van der Waals surface area (Å²) >= 11 is 5.28. The lowest BCUT2D eigenvalue weighted by Gasteiger charge is -1.97. The highest BCUT2D eigenvalue weighted by molar-refractivity contribution is 6.28. The van der Waals surface area contributed by atoms with Crippen molar-refractivity contribution >= 4 is 17.6 Å². The third kappa shape index (κ3) is 1.41. The van der Waals surface area contributed by atoms with Crippen LogP contribution in [0, 0.1) is 0 Å². The van der Waals surface area contributed by atoms with Crippen molar-refractivity contribution in [1.29, 1.82) is 0 Å². The first-order valence-electron chi connectivity index (χ1n) is 2.39. The SMILES string of the molecule is O=C([O-])c1cnc(Cl)nc1. The summed E-state index contributed by atoms with van der Waals surface area (Å²) in [6.45, 7) is 0. The molecule has 1 rings (SSSR count). The van der Waals surface area contributed by atoms with Gasteiger partial charge >= 0.3 is 0 Å². The van der Waals surface area contributed by atoms with Gasteiger partial charge in [-0.3, -0.25) is 0 Å². The summed E-state index contributed by atoms with van der Waals surface area (Å²) in [6, 6.07) is 0. The van der Waals surface area contributed by atoms with E-state index in [1.54, 1.807) is 0 Å². The molecule has 0 saturated heterocycles. The average Bonchev–Trinajstić information content (AvgIpc) is 1.88. The van der Waals surface area contributed by atoms with E-state index in [0.29, 0.717) is 0 Å². The Morgan fingerprint density at radius 2 is 2.00 bits per heavy atom. The fourth-order valence-corrected chi connectivity index (χ4v) is 0.515. The first-order valence-corrected chi connectivity index (χ1v) is 2.77. The van der Waals surface area contributed by atoms with Crippen LogP contribution in [0.2, 0.25) is 5.28 Å². The van der Waals surface area contributed by atoms with Crippen LogP contribution >= 0.6 is 11.6 Å². The molecule has 0 N–H and O–H groups in total. The van der Waals surface area contributed by atoms with E-state index in [1.807, 2.05) is 0 Å². The van der Waals surface area contributed by atoms with Crippen LogP contribution in [0.3, 0.4) is 0 Å². The second-order valence-corrected chi connectivity index (χ2v) is 1.87. The molecule has 0 saturated carbocycles. The molecule has 1 heterocycles. The van der Waals surface area contributed by atoms with Gasteiger partial charge in [0.05, 0.1) is 5.97 Å². The maximum atomic E-state index is 10.1. The van der Waals surface area contributed by atoms with Crippen LogP contribution in [0.15, 0.2) is 12.4 Å². The molecular weight excluding hydrogens is 156 g/mol. The van der Waals surface area contributed by atoms with E-state index in [1.165, 1.54) is 0 Å². The number of aromatic nitrogens is 2. The van der Waals surface area contributed by atoms with E-state index in [-0.39, 0.29) is 10.8 Å². The number of carboxylic acids is 1. The molecule has 4 nitrogen and oxygen atoms in total. The number of hydrogen-bond donors (Lipinski definition) is 0. The van der Waals surface area contributed by atoms with Crippen molar-refractivity contribution in [2.45, 2.75) is 0 Å². The van der Waals surface area contributed by atoms with Crippen LogP contribution in [0.1, 0.15) is 10.4 Å². The normalized spacial score (nSPS) is 9.30. The standard InChI is InChI=1S/C5H3ClN2O2/c6-5-7-1-3(2-8-5)4(9)10/h1-2H,(H,9,10)/p-1. The van der Waals surface area contributed by atoms with Gasteiger partial charge < -0.3 is 9.90 Å². The van der Waals surface area contributed by atoms with Gasteiger partial charge in [0.1, 0.15) is 0 Å². The van der Waals surface area contributed by atoms with Crippen molar-refractivity contribution in [2.24, 2.45) is 0 Å². The predicted molar refractivity (Wildman–Crippen MR) is 31.4 cm³/mol. The Balaban J connectivity index is 3.00. The Kier molecular flexibility index (Phi) is 1.82. The molecule has 0 atom stereocenters. The molecular formula is C5H2ClN2O2-. The van der Waals surface area contributed by atoms with Gasteiger partial charge in [-0.1, -0.05) is 0 Å². The smallest absolute Gasteiger partial charge is 0.222 e. The molecule has 0 amide bonds. The number of halogens is 1. The number of carbonyl (C=O) groups excluding carboxylic acids is 1. The Hall–Kier alpha value is -1.16. The summed E-state index contributed by atoms with van der Waals surface area (Å²) in [4.78, 5) is 16.9. The molecule has 0 aromatic carbocycles. The Morgan fingerprint density at radius 3 is 2.40 bits per heavy atom. The third-order valence-corrected chi connectivity index (χ3v) is 1.05. The molecule has 0 unspecified atom stereocenters. The van der Waals surface area contributed by atoms with Crippen molar-refractivity contribution < 1.29 is 9.90 Å². The number of nitrogens with zero attached hydrogens (tertiary/aromatic N) is 2. The summed E-state index contributed by atoms with van der Waals surface area (Å²) in [7, 11) is 0. The molecule has 1 aromatic heterocycles. The Morgan fingerprint density at radius 1 is 1.50 bits per heavy atom.